The van der Waals surface area contributed by atoms with Crippen LogP contribution in [0.15, 0.2) is 42.6 Å². The molecule has 1 heterocycles. The van der Waals surface area contributed by atoms with E-state index in [1.54, 1.807) is 21.7 Å². The first kappa shape index (κ1) is 29.1. The van der Waals surface area contributed by atoms with E-state index in [0.717, 1.165) is 49.8 Å². The number of ketones is 1. The molecule has 206 valence electrons. The molecule has 0 saturated heterocycles. The minimum Gasteiger partial charge on any atom is -0.481 e. The topological polar surface area (TPSA) is 109 Å². The molecule has 0 atom stereocenters. The average Bonchev–Trinajstić information content (AvgIpc) is 3.35. The second-order valence-electron chi connectivity index (χ2n) is 10.3. The number of aliphatic carboxylic acids is 1. The summed E-state index contributed by atoms with van der Waals surface area (Å²) < 4.78 is 1.75. The van der Waals surface area contributed by atoms with Gasteiger partial charge in [0.15, 0.2) is 5.78 Å². The fourth-order valence-corrected chi connectivity index (χ4v) is 5.26. The van der Waals surface area contributed by atoms with Gasteiger partial charge in [0.05, 0.1) is 5.69 Å². The minimum absolute atomic E-state index is 0.0245. The SMILES string of the molecule is CCN(C(=O)Cn1cccc1C(=O)CC1CCC(C(=O)NCCCCCC(=O)O)CC1)c1cccc(C)c1. The summed E-state index contributed by atoms with van der Waals surface area (Å²) in [5.41, 5.74) is 2.50. The van der Waals surface area contributed by atoms with Crippen molar-refractivity contribution in [1.82, 2.24) is 9.88 Å². The number of benzene rings is 1. The number of carbonyl (C=O) groups excluding carboxylic acids is 3. The number of nitrogens with zero attached hydrogens (tertiary/aromatic N) is 2. The van der Waals surface area contributed by atoms with Gasteiger partial charge in [0.25, 0.3) is 0 Å². The van der Waals surface area contributed by atoms with Crippen molar-refractivity contribution in [2.45, 2.75) is 78.2 Å². The van der Waals surface area contributed by atoms with E-state index in [9.17, 15) is 19.2 Å². The number of carbonyl (C=O) groups is 4. The summed E-state index contributed by atoms with van der Waals surface area (Å²) in [7, 11) is 0. The molecule has 1 fully saturated rings. The van der Waals surface area contributed by atoms with Gasteiger partial charge < -0.3 is 19.9 Å². The van der Waals surface area contributed by atoms with Crippen LogP contribution >= 0.6 is 0 Å². The van der Waals surface area contributed by atoms with Crippen molar-refractivity contribution in [2.24, 2.45) is 11.8 Å². The molecule has 8 nitrogen and oxygen atoms in total. The number of hydrogen-bond acceptors (Lipinski definition) is 4. The molecule has 38 heavy (non-hydrogen) atoms. The van der Waals surface area contributed by atoms with E-state index in [2.05, 4.69) is 5.32 Å². The van der Waals surface area contributed by atoms with Crippen LogP contribution < -0.4 is 10.2 Å². The molecule has 1 saturated carbocycles. The second kappa shape index (κ2) is 14.5. The molecule has 1 aliphatic carbocycles. The predicted molar refractivity (Wildman–Crippen MR) is 147 cm³/mol. The first-order valence-electron chi connectivity index (χ1n) is 13.8. The summed E-state index contributed by atoms with van der Waals surface area (Å²) in [6, 6.07) is 11.4. The molecular formula is C30H41N3O5. The van der Waals surface area contributed by atoms with Crippen LogP contribution in [-0.4, -0.2) is 46.3 Å². The number of Topliss-reactive ketones (excluding diaryl/α,β-unsaturated/α-hetero) is 1. The summed E-state index contributed by atoms with van der Waals surface area (Å²) in [4.78, 5) is 51.0. The quantitative estimate of drug-likeness (QED) is 0.268. The lowest BCUT2D eigenvalue weighted by molar-refractivity contribution is -0.137. The second-order valence-corrected chi connectivity index (χ2v) is 10.3. The number of rotatable bonds is 14. The first-order valence-corrected chi connectivity index (χ1v) is 13.8. The molecule has 8 heteroatoms. The Morgan fingerprint density at radius 3 is 2.47 bits per heavy atom. The maximum absolute atomic E-state index is 13.2. The number of hydrogen-bond donors (Lipinski definition) is 2. The Bertz CT molecular complexity index is 1100. The first-order chi connectivity index (χ1) is 18.3. The predicted octanol–water partition coefficient (Wildman–Crippen LogP) is 4.99. The Kier molecular flexibility index (Phi) is 11.1. The van der Waals surface area contributed by atoms with E-state index in [0.29, 0.717) is 31.6 Å². The van der Waals surface area contributed by atoms with Gasteiger partial charge in [-0.25, -0.2) is 0 Å². The third kappa shape index (κ3) is 8.57. The Morgan fingerprint density at radius 2 is 1.79 bits per heavy atom. The van der Waals surface area contributed by atoms with Crippen molar-refractivity contribution < 1.29 is 24.3 Å². The van der Waals surface area contributed by atoms with Crippen LogP contribution in [-0.2, 0) is 20.9 Å². The number of carboxylic acids is 1. The fraction of sp³-hybridized carbons (Fsp3) is 0.533. The summed E-state index contributed by atoms with van der Waals surface area (Å²) in [5.74, 6) is -0.529. The number of likely N-dealkylation sites (N-methyl/N-ethyl adjacent to an activating group) is 1. The monoisotopic (exact) mass is 523 g/mol. The van der Waals surface area contributed by atoms with Gasteiger partial charge in [-0.15, -0.1) is 0 Å². The molecule has 1 aromatic heterocycles. The van der Waals surface area contributed by atoms with E-state index >= 15 is 0 Å². The van der Waals surface area contributed by atoms with Crippen LogP contribution in [0.4, 0.5) is 5.69 Å². The van der Waals surface area contributed by atoms with Crippen molar-refractivity contribution in [2.75, 3.05) is 18.0 Å². The maximum atomic E-state index is 13.2. The van der Waals surface area contributed by atoms with Gasteiger partial charge in [0.1, 0.15) is 6.54 Å². The van der Waals surface area contributed by atoms with Crippen LogP contribution in [0, 0.1) is 18.8 Å². The maximum Gasteiger partial charge on any atom is 0.303 e. The van der Waals surface area contributed by atoms with E-state index < -0.39 is 5.97 Å². The standard InChI is InChI=1S/C30H41N3O5/c1-3-33(25-10-7-9-22(2)19-25)28(35)21-32-18-8-11-26(32)27(34)20-23-13-15-24(16-14-23)30(38)31-17-6-4-5-12-29(36)37/h7-11,18-19,23-24H,3-6,12-17,20-21H2,1-2H3,(H,31,38)(H,36,37). The highest BCUT2D eigenvalue weighted by molar-refractivity contribution is 5.97. The average molecular weight is 524 g/mol. The molecule has 0 radical (unpaired) electrons. The molecule has 0 aliphatic heterocycles. The highest BCUT2D eigenvalue weighted by atomic mass is 16.4. The third-order valence-electron chi connectivity index (χ3n) is 7.41. The highest BCUT2D eigenvalue weighted by Gasteiger charge is 2.28. The van der Waals surface area contributed by atoms with Crippen molar-refractivity contribution >= 4 is 29.3 Å². The summed E-state index contributed by atoms with van der Waals surface area (Å²) in [6.45, 7) is 5.18. The van der Waals surface area contributed by atoms with Crippen LogP contribution in [0.25, 0.3) is 0 Å². The number of anilines is 1. The lowest BCUT2D eigenvalue weighted by Gasteiger charge is -2.27. The van der Waals surface area contributed by atoms with Crippen molar-refractivity contribution in [3.8, 4) is 0 Å². The Hall–Kier alpha value is -3.42. The lowest BCUT2D eigenvalue weighted by Crippen LogP contribution is -2.34. The normalized spacial score (nSPS) is 17.1. The largest absolute Gasteiger partial charge is 0.481 e. The van der Waals surface area contributed by atoms with Gasteiger partial charge in [-0.05, 0) is 88.1 Å². The van der Waals surface area contributed by atoms with E-state index in [-0.39, 0.29) is 42.4 Å². The zero-order valence-electron chi connectivity index (χ0n) is 22.7. The van der Waals surface area contributed by atoms with Crippen LogP contribution in [0.1, 0.15) is 80.8 Å². The molecule has 0 spiro atoms. The zero-order valence-corrected chi connectivity index (χ0v) is 22.7. The minimum atomic E-state index is -0.785. The molecule has 2 amide bonds. The van der Waals surface area contributed by atoms with Gasteiger partial charge in [-0.1, -0.05) is 18.6 Å². The van der Waals surface area contributed by atoms with Crippen molar-refractivity contribution in [3.05, 3.63) is 53.9 Å². The molecule has 1 aromatic carbocycles. The molecule has 2 aromatic rings. The Labute approximate surface area is 225 Å². The van der Waals surface area contributed by atoms with Crippen molar-refractivity contribution in [3.63, 3.8) is 0 Å². The fourth-order valence-electron chi connectivity index (χ4n) is 5.26. The van der Waals surface area contributed by atoms with Crippen molar-refractivity contribution in [1.29, 1.82) is 0 Å². The summed E-state index contributed by atoms with van der Waals surface area (Å²) in [6.07, 6.45) is 7.78. The van der Waals surface area contributed by atoms with Crippen LogP contribution in [0.2, 0.25) is 0 Å². The zero-order chi connectivity index (χ0) is 27.5. The van der Waals surface area contributed by atoms with E-state index in [1.807, 2.05) is 44.2 Å². The smallest absolute Gasteiger partial charge is 0.303 e. The number of carboxylic acid groups (broad SMARTS) is 1. The molecule has 0 unspecified atom stereocenters. The van der Waals surface area contributed by atoms with Crippen LogP contribution in [0.3, 0.4) is 0 Å². The molecular weight excluding hydrogens is 482 g/mol. The van der Waals surface area contributed by atoms with Gasteiger partial charge >= 0.3 is 5.97 Å². The number of aromatic nitrogens is 1. The summed E-state index contributed by atoms with van der Waals surface area (Å²) >= 11 is 0. The highest BCUT2D eigenvalue weighted by Crippen LogP contribution is 2.32. The molecule has 3 rings (SSSR count). The van der Waals surface area contributed by atoms with Crippen LogP contribution in [0.5, 0.6) is 0 Å². The number of amides is 2. The number of nitrogens with one attached hydrogen (secondary N) is 1. The molecule has 1 aliphatic rings. The van der Waals surface area contributed by atoms with E-state index in [4.69, 9.17) is 5.11 Å². The number of aryl methyl sites for hydroxylation is 1. The molecule has 0 bridgehead atoms. The Morgan fingerprint density at radius 1 is 1.03 bits per heavy atom. The van der Waals surface area contributed by atoms with Gasteiger partial charge in [-0.3, -0.25) is 19.2 Å². The lowest BCUT2D eigenvalue weighted by atomic mass is 9.79. The van der Waals surface area contributed by atoms with Gasteiger partial charge in [0, 0.05) is 43.7 Å². The van der Waals surface area contributed by atoms with Gasteiger partial charge in [-0.2, -0.15) is 0 Å². The Balaban J connectivity index is 1.45. The number of unbranched alkanes of at least 4 members (excludes halogenated alkanes) is 2. The third-order valence-corrected chi connectivity index (χ3v) is 7.41. The van der Waals surface area contributed by atoms with E-state index in [1.165, 1.54) is 0 Å². The molecule has 2 N–H and O–H groups in total. The van der Waals surface area contributed by atoms with Gasteiger partial charge in [0.2, 0.25) is 11.8 Å². The summed E-state index contributed by atoms with van der Waals surface area (Å²) in [5, 5.41) is 11.7.